The van der Waals surface area contributed by atoms with E-state index in [0.717, 1.165) is 48.5 Å². The summed E-state index contributed by atoms with van der Waals surface area (Å²) < 4.78 is 568. The minimum absolute atomic E-state index is 0. The van der Waals surface area contributed by atoms with Gasteiger partial charge in [0.1, 0.15) is 96.3 Å². The Labute approximate surface area is 1090 Å². The van der Waals surface area contributed by atoms with Crippen LogP contribution >= 0.6 is 23.5 Å². The van der Waals surface area contributed by atoms with E-state index in [-0.39, 0.29) is 458 Å². The Morgan fingerprint density at radius 3 is 0.618 bits per heavy atom. The molecule has 4 saturated heterocycles. The number of hydrogen-bond donors (Lipinski definition) is 16. The molecular formula is C40H56N2Na14O64S16. The fourth-order valence-electron chi connectivity index (χ4n) is 10.4. The molecule has 4 heterocycles. The predicted molar refractivity (Wildman–Crippen MR) is 450 cm³/mol. The summed E-state index contributed by atoms with van der Waals surface area (Å²) in [6, 6.07) is 7.71. The molecule has 2 aromatic carbocycles. The molecule has 0 saturated carbocycles. The standard InChI is InChI=1S/C40H56N2O64S16.14Na/c43-23(41-15-1-5-17(6-2-15)107-39-35(105-121(81,82)83)29(99-115(63,64)65)25(19(93-39)11-87-109(45,46)47)95-37-33(103-119(75,76)77)31(101-117(69,70)71)27(97-113(57,58)59)21(91-37)13-89-111(51,52)53)9-10-24(44)42-16-3-7-18(8-4-16)108-40-36(106-122(84,85)86)30(100-116(66,67)68)26(20(94-40)12-88-110(48,49)50)96-38-34(104-120(78,79)80)32(102-118(72,73)74)28(98-114(60,61)62)22(92-38)14-90-112(54,55)56;;;;;;;;;;;;;;/h1-8,19-22,25-40H,9-14H2,(H,41,43)(H,42,44)(H,45,46,47)(H,48,49,50)(H,51,52,53)(H,54,55,56)(H,57,58,59)(H,60,61,62)(H,63,64,65)(H,66,67,68)(H,69,70,71)(H,72,73,74)(H,75,76,77)(H,78,79,80)(H,81,82,83)(H,84,85,86);;;;;;;;;;;;;;/t19-,20-,21-,22-,25-,26-,27-,28-,29+,30+,31+,32+,33-,34-,35-,36-,37-,38-,39+,40+;;;;;;;;;;;;;;/m1............../s1. The van der Waals surface area contributed by atoms with Crippen molar-refractivity contribution >= 4 is 606 Å². The first-order valence-corrected chi connectivity index (χ1v) is 50.9. The molecule has 0 aliphatic carbocycles. The van der Waals surface area contributed by atoms with Crippen LogP contribution in [-0.2, 0) is 242 Å². The number of benzene rings is 2. The van der Waals surface area contributed by atoms with Gasteiger partial charge in [0.25, 0.3) is 0 Å². The summed E-state index contributed by atoms with van der Waals surface area (Å²) in [4.78, 5) is 25.8. The van der Waals surface area contributed by atoms with Crippen LogP contribution in [0.2, 0.25) is 0 Å². The van der Waals surface area contributed by atoms with E-state index in [1.165, 1.54) is 0 Å². The minimum Gasteiger partial charge on any atom is -0.356 e. The second-order valence-corrected chi connectivity index (χ2v) is 40.2. The largest absolute Gasteiger partial charge is 0.397 e. The molecular weight excluding hydrogens is 2370 g/mol. The van der Waals surface area contributed by atoms with E-state index in [9.17, 15) is 191 Å². The van der Waals surface area contributed by atoms with Crippen LogP contribution in [0.1, 0.15) is 12.8 Å². The van der Waals surface area contributed by atoms with Crippen LogP contribution in [0.25, 0.3) is 0 Å². The molecule has 66 nitrogen and oxygen atoms in total. The van der Waals surface area contributed by atoms with Gasteiger partial charge in [0.2, 0.25) is 11.8 Å². The maximum atomic E-state index is 13.2. The Morgan fingerprint density at radius 1 is 0.243 bits per heavy atom. The van der Waals surface area contributed by atoms with E-state index in [4.69, 9.17) is 28.4 Å². The summed E-state index contributed by atoms with van der Waals surface area (Å²) in [6.07, 6.45) is -58.4. The van der Waals surface area contributed by atoms with Crippen LogP contribution in [0.15, 0.2) is 58.3 Å². The number of amides is 2. The van der Waals surface area contributed by atoms with Gasteiger partial charge in [-0.2, -0.15) is 118 Å². The number of ether oxygens (including phenoxy) is 6. The second-order valence-electron chi connectivity index (χ2n) is 23.0. The van der Waals surface area contributed by atoms with Crippen molar-refractivity contribution in [1.29, 1.82) is 0 Å². The van der Waals surface area contributed by atoms with Gasteiger partial charge >= 0.3 is 146 Å². The molecule has 136 heavy (non-hydrogen) atoms. The fraction of sp³-hybridized carbons (Fsp3) is 0.650. The molecule has 16 N–H and O–H groups in total. The van der Waals surface area contributed by atoms with Crippen molar-refractivity contribution < 1.29 is 278 Å². The number of hydrogen-bond acceptors (Lipinski definition) is 52. The molecule has 0 bridgehead atoms. The third-order valence-electron chi connectivity index (χ3n) is 14.2. The summed E-state index contributed by atoms with van der Waals surface area (Å²) in [5.41, 5.74) is -5.38. The molecule has 20 atom stereocenters. The van der Waals surface area contributed by atoms with Gasteiger partial charge in [0.05, 0.1) is 26.4 Å². The SMILES string of the molecule is O=C(CCC(=O)Nc1ccc(S[C@@H]2O[C@H](COS(=O)(=O)O)[C@@H](O[C@H]3O[C@H](COS(=O)(=O)O)[C@@H](OS(=O)(=O)O)[C@H](OS(=O)(=O)O)[C@H]3OS(=O)(=O)O)[C@H](OS(=O)(=O)O)[C@H]2OS(=O)(=O)O)cc1)Nc1ccc(S[C@@H]2O[C@H](COS(=O)(=O)O)[C@@H](O[C@H]3O[C@H](COS(=O)(=O)O)[C@@H](OS(=O)(=O)O)[C@H](OS(=O)(=O)O)[C@H]3OS(=O)(=O)O)[C@H](OS(=O)(=O)O)[C@H]2OS(=O)(=O)O)cc1.[Na].[Na].[Na].[Na].[Na].[Na].[Na].[Na].[Na].[Na].[Na].[Na].[Na].[Na]. The summed E-state index contributed by atoms with van der Waals surface area (Å²) in [5, 5.41) is 4.57. The van der Waals surface area contributed by atoms with Crippen molar-refractivity contribution in [2.75, 3.05) is 37.1 Å². The van der Waals surface area contributed by atoms with E-state index in [2.05, 4.69) is 69.2 Å². The average molecular weight is 2420 g/mol. The van der Waals surface area contributed by atoms with Crippen molar-refractivity contribution in [2.24, 2.45) is 0 Å². The van der Waals surface area contributed by atoms with Gasteiger partial charge in [0, 0.05) is 448 Å². The minimum atomic E-state index is -6.30. The zero-order chi connectivity index (χ0) is 92.9. The molecule has 2 aromatic rings. The first-order valence-electron chi connectivity index (χ1n) is 30.0. The number of thioether (sulfide) groups is 2. The van der Waals surface area contributed by atoms with Crippen LogP contribution in [0.5, 0.6) is 0 Å². The number of carbonyl (C=O) groups is 2. The van der Waals surface area contributed by atoms with Gasteiger partial charge in [-0.3, -0.25) is 73.3 Å². The third kappa shape index (κ3) is 64.9. The van der Waals surface area contributed by atoms with Crippen molar-refractivity contribution in [2.45, 2.75) is 144 Å². The Kier molecular flexibility index (Phi) is 82.0. The zero-order valence-electron chi connectivity index (χ0n) is 71.6. The van der Waals surface area contributed by atoms with Crippen LogP contribution in [0, 0.1) is 0 Å². The van der Waals surface area contributed by atoms with Crippen molar-refractivity contribution in [3.8, 4) is 0 Å². The third-order valence-corrected chi connectivity index (χ3v) is 22.9. The number of rotatable bonds is 45. The Balaban J connectivity index is -0.00000165. The molecule has 4 aliphatic rings. The maximum absolute atomic E-state index is 13.2. The van der Waals surface area contributed by atoms with Crippen LogP contribution in [0.3, 0.4) is 0 Å². The molecule has 6 rings (SSSR count). The number of carbonyl (C=O) groups excluding carboxylic acids is 2. The van der Waals surface area contributed by atoms with Crippen molar-refractivity contribution in [1.82, 2.24) is 0 Å². The van der Waals surface area contributed by atoms with Gasteiger partial charge in [-0.15, -0.1) is 0 Å². The number of nitrogens with one attached hydrogen (secondary N) is 2. The summed E-state index contributed by atoms with van der Waals surface area (Å²) >= 11 is 0.157. The van der Waals surface area contributed by atoms with Crippen LogP contribution in [-0.4, -0.2) is 755 Å². The van der Waals surface area contributed by atoms with Crippen LogP contribution < -0.4 is 10.6 Å². The second kappa shape index (κ2) is 68.2. The molecule has 96 heteroatoms. The quantitative estimate of drug-likeness (QED) is 0.0216. The predicted octanol–water partition coefficient (Wildman–Crippen LogP) is -13.3. The fourth-order valence-corrected chi connectivity index (χ4v) is 18.9. The van der Waals surface area contributed by atoms with Gasteiger partial charge in [-0.05, 0) is 48.5 Å². The number of anilines is 2. The van der Waals surface area contributed by atoms with Crippen LogP contribution in [0.4, 0.5) is 11.4 Å². The van der Waals surface area contributed by atoms with Gasteiger partial charge in [0.15, 0.2) is 24.8 Å². The Hall–Kier alpha value is 10.0. The van der Waals surface area contributed by atoms with Gasteiger partial charge in [-0.1, -0.05) is 23.5 Å². The summed E-state index contributed by atoms with van der Waals surface area (Å²) in [7, 11) is -85.6. The Morgan fingerprint density at radius 2 is 0.419 bits per heavy atom. The van der Waals surface area contributed by atoms with E-state index < -0.39 is 318 Å². The first-order chi connectivity index (χ1) is 54.9. The molecule has 0 aromatic heterocycles. The van der Waals surface area contributed by atoms with Crippen molar-refractivity contribution in [3.05, 3.63) is 48.5 Å². The van der Waals surface area contributed by atoms with E-state index in [1.807, 2.05) is 0 Å². The smallest absolute Gasteiger partial charge is 0.356 e. The normalized spacial score (nSPS) is 25.8. The molecule has 14 radical (unpaired) electrons. The molecule has 0 spiro atoms. The van der Waals surface area contributed by atoms with E-state index in [1.54, 1.807) is 0 Å². The summed E-state index contributed by atoms with van der Waals surface area (Å²) in [5.74, 6) is -2.05. The van der Waals surface area contributed by atoms with Gasteiger partial charge < -0.3 is 39.1 Å². The maximum Gasteiger partial charge on any atom is 0.397 e. The summed E-state index contributed by atoms with van der Waals surface area (Å²) in [6.45, 7) is -7.68. The topological polar surface area (TPSA) is 1000 Å². The first kappa shape index (κ1) is 164. The zero-order valence-corrected chi connectivity index (χ0v) is 113. The molecule has 4 fully saturated rings. The van der Waals surface area contributed by atoms with E-state index in [0.29, 0.717) is 0 Å². The average Bonchev–Trinajstić information content (AvgIpc) is 0.755. The molecule has 2 amide bonds. The molecule has 0 unspecified atom stereocenters. The van der Waals surface area contributed by atoms with Gasteiger partial charge in [-0.25, -0.2) is 58.6 Å². The monoisotopic (exact) mass is 2420 g/mol. The Bertz CT molecular complexity index is 5480. The molecule has 4 aliphatic heterocycles. The van der Waals surface area contributed by atoms with Crippen molar-refractivity contribution in [3.63, 3.8) is 0 Å². The molecule has 720 valence electrons. The van der Waals surface area contributed by atoms with E-state index >= 15 is 0 Å².